The molecule has 140 valence electrons. The molecule has 2 atom stereocenters. The summed E-state index contributed by atoms with van der Waals surface area (Å²) >= 11 is 0. The Hall–Kier alpha value is -1.82. The molecular formula is C19H31N3O3. The van der Waals surface area contributed by atoms with Gasteiger partial charge in [0.05, 0.1) is 18.7 Å². The van der Waals surface area contributed by atoms with Gasteiger partial charge < -0.3 is 5.11 Å². The minimum Gasteiger partial charge on any atom is -0.392 e. The van der Waals surface area contributed by atoms with Crippen molar-refractivity contribution >= 4 is 0 Å². The van der Waals surface area contributed by atoms with Crippen LogP contribution in [0.25, 0.3) is 0 Å². The molecule has 6 nitrogen and oxygen atoms in total. The lowest BCUT2D eigenvalue weighted by Crippen LogP contribution is -2.34. The van der Waals surface area contributed by atoms with Crippen molar-refractivity contribution in [1.29, 1.82) is 0 Å². The predicted molar refractivity (Wildman–Crippen MR) is 100.0 cm³/mol. The van der Waals surface area contributed by atoms with Gasteiger partial charge in [-0.1, -0.05) is 76.2 Å². The Morgan fingerprint density at radius 1 is 1.00 bits per heavy atom. The van der Waals surface area contributed by atoms with Crippen LogP contribution < -0.4 is 11.4 Å². The smallest absolute Gasteiger partial charge is 0.347 e. The van der Waals surface area contributed by atoms with E-state index in [0.29, 0.717) is 0 Å². The topological polar surface area (TPSA) is 69.2 Å². The molecule has 0 bridgehead atoms. The van der Waals surface area contributed by atoms with Crippen molar-refractivity contribution in [2.75, 3.05) is 6.61 Å². The Bertz CT molecular complexity index is 708. The molecule has 25 heavy (non-hydrogen) atoms. The summed E-state index contributed by atoms with van der Waals surface area (Å²) < 4.78 is 4.23. The molecule has 0 amide bonds. The molecule has 1 N–H and O–H groups in total. The highest BCUT2D eigenvalue weighted by molar-refractivity contribution is 5.11. The maximum atomic E-state index is 12.5. The van der Waals surface area contributed by atoms with E-state index in [0.717, 1.165) is 23.8 Å². The van der Waals surface area contributed by atoms with E-state index >= 15 is 0 Å². The molecule has 2 unspecified atom stereocenters. The predicted octanol–water partition coefficient (Wildman–Crippen LogP) is 2.69. The first-order chi connectivity index (χ1) is 12.1. The summed E-state index contributed by atoms with van der Waals surface area (Å²) in [4.78, 5) is 24.9. The number of aromatic nitrogens is 3. The largest absolute Gasteiger partial charge is 0.392 e. The van der Waals surface area contributed by atoms with Crippen LogP contribution in [0.15, 0.2) is 33.9 Å². The lowest BCUT2D eigenvalue weighted by molar-refractivity contribution is 0.337. The zero-order valence-electron chi connectivity index (χ0n) is 15.4. The van der Waals surface area contributed by atoms with E-state index in [1.165, 1.54) is 43.8 Å². The second-order valence-electron chi connectivity index (χ2n) is 6.78. The maximum Gasteiger partial charge on any atom is 0.347 e. The zero-order valence-corrected chi connectivity index (χ0v) is 15.4. The van der Waals surface area contributed by atoms with Crippen molar-refractivity contribution in [2.45, 2.75) is 70.4 Å². The minimum absolute atomic E-state index is 0.0733. The normalized spacial score (nSPS) is 19.6. The van der Waals surface area contributed by atoms with Gasteiger partial charge in [-0.15, -0.1) is 0 Å². The SMILES string of the molecule is CCCCCCCCCC1C=CC(/C=C/CO)n2c(=O)n(C)c(=O)n21. The number of rotatable bonds is 10. The van der Waals surface area contributed by atoms with E-state index in [2.05, 4.69) is 6.92 Å². The minimum atomic E-state index is -0.321. The number of hydrogen-bond acceptors (Lipinski definition) is 3. The van der Waals surface area contributed by atoms with Crippen molar-refractivity contribution < 1.29 is 5.11 Å². The van der Waals surface area contributed by atoms with Crippen LogP contribution in [0.1, 0.15) is 70.4 Å². The first-order valence-corrected chi connectivity index (χ1v) is 9.47. The quantitative estimate of drug-likeness (QED) is 0.521. The van der Waals surface area contributed by atoms with Crippen LogP contribution in [0.3, 0.4) is 0 Å². The number of hydrogen-bond donors (Lipinski definition) is 1. The number of nitrogens with zero attached hydrogens (tertiary/aromatic N) is 3. The fourth-order valence-corrected chi connectivity index (χ4v) is 3.43. The average Bonchev–Trinajstić information content (AvgIpc) is 2.85. The Labute approximate surface area is 149 Å². The molecule has 2 heterocycles. The van der Waals surface area contributed by atoms with E-state index in [9.17, 15) is 9.59 Å². The van der Waals surface area contributed by atoms with Gasteiger partial charge in [0.2, 0.25) is 0 Å². The van der Waals surface area contributed by atoms with Gasteiger partial charge in [-0.25, -0.2) is 23.5 Å². The second kappa shape index (κ2) is 9.61. The highest BCUT2D eigenvalue weighted by Gasteiger charge is 2.26. The Morgan fingerprint density at radius 3 is 2.32 bits per heavy atom. The molecule has 0 spiro atoms. The van der Waals surface area contributed by atoms with Crippen LogP contribution in [0.4, 0.5) is 0 Å². The van der Waals surface area contributed by atoms with Crippen molar-refractivity contribution in [2.24, 2.45) is 7.05 Å². The lowest BCUT2D eigenvalue weighted by atomic mass is 10.0. The maximum absolute atomic E-state index is 12.5. The van der Waals surface area contributed by atoms with Gasteiger partial charge in [0.15, 0.2) is 0 Å². The lowest BCUT2D eigenvalue weighted by Gasteiger charge is -2.25. The third-order valence-electron chi connectivity index (χ3n) is 4.87. The summed E-state index contributed by atoms with van der Waals surface area (Å²) in [5.41, 5.74) is -0.587. The summed E-state index contributed by atoms with van der Waals surface area (Å²) in [7, 11) is 1.51. The highest BCUT2D eigenvalue weighted by atomic mass is 16.2. The van der Waals surface area contributed by atoms with Gasteiger partial charge in [0.25, 0.3) is 0 Å². The molecule has 1 aromatic heterocycles. The zero-order chi connectivity index (χ0) is 18.2. The third-order valence-corrected chi connectivity index (χ3v) is 4.87. The van der Waals surface area contributed by atoms with E-state index in [1.54, 1.807) is 16.8 Å². The number of aliphatic hydroxyl groups is 1. The van der Waals surface area contributed by atoms with Gasteiger partial charge in [0.1, 0.15) is 0 Å². The molecule has 0 saturated heterocycles. The number of allylic oxidation sites excluding steroid dienone is 3. The van der Waals surface area contributed by atoms with Crippen LogP contribution in [0, 0.1) is 0 Å². The summed E-state index contributed by atoms with van der Waals surface area (Å²) in [6, 6.07) is -0.394. The van der Waals surface area contributed by atoms with Crippen molar-refractivity contribution in [3.05, 3.63) is 45.3 Å². The Kier molecular flexibility index (Phi) is 7.50. The number of aliphatic hydroxyl groups excluding tert-OH is 1. The van der Waals surface area contributed by atoms with Crippen LogP contribution in [-0.2, 0) is 7.05 Å². The second-order valence-corrected chi connectivity index (χ2v) is 6.78. The van der Waals surface area contributed by atoms with Crippen LogP contribution >= 0.6 is 0 Å². The first kappa shape index (κ1) is 19.5. The molecule has 6 heteroatoms. The summed E-state index contributed by atoms with van der Waals surface area (Å²) in [5, 5.41) is 8.97. The van der Waals surface area contributed by atoms with Crippen molar-refractivity contribution in [1.82, 2.24) is 13.9 Å². The highest BCUT2D eigenvalue weighted by Crippen LogP contribution is 2.24. The molecule has 2 rings (SSSR count). The standard InChI is InChI=1S/C19H31N3O3/c1-3-4-5-6-7-8-9-11-16-13-14-17(12-10-15-23)22-19(25)20(2)18(24)21(16)22/h10,12-14,16-17,23H,3-9,11,15H2,1-2H3/b12-10+. The Balaban J connectivity index is 2.05. The van der Waals surface area contributed by atoms with Crippen molar-refractivity contribution in [3.63, 3.8) is 0 Å². The van der Waals surface area contributed by atoms with Crippen LogP contribution in [-0.4, -0.2) is 25.6 Å². The molecular weight excluding hydrogens is 318 g/mol. The summed E-state index contributed by atoms with van der Waals surface area (Å²) in [6.45, 7) is 2.13. The number of unbranched alkanes of at least 4 members (excludes halogenated alkanes) is 6. The molecule has 1 aliphatic rings. The third kappa shape index (κ3) is 4.63. The van der Waals surface area contributed by atoms with Crippen molar-refractivity contribution in [3.8, 4) is 0 Å². The van der Waals surface area contributed by atoms with Crippen LogP contribution in [0.5, 0.6) is 0 Å². The fraction of sp³-hybridized carbons (Fsp3) is 0.684. The molecule has 0 fully saturated rings. The monoisotopic (exact) mass is 349 g/mol. The van der Waals surface area contributed by atoms with E-state index < -0.39 is 0 Å². The molecule has 0 aromatic carbocycles. The molecule has 1 aliphatic heterocycles. The van der Waals surface area contributed by atoms with E-state index in [4.69, 9.17) is 5.11 Å². The first-order valence-electron chi connectivity index (χ1n) is 9.47. The van der Waals surface area contributed by atoms with E-state index in [-0.39, 0.29) is 30.1 Å². The van der Waals surface area contributed by atoms with Gasteiger partial charge >= 0.3 is 11.4 Å². The Morgan fingerprint density at radius 2 is 1.64 bits per heavy atom. The fourth-order valence-electron chi connectivity index (χ4n) is 3.43. The van der Waals surface area contributed by atoms with Gasteiger partial charge in [0, 0.05) is 7.05 Å². The summed E-state index contributed by atoms with van der Waals surface area (Å²) in [5.74, 6) is 0. The molecule has 1 aromatic rings. The van der Waals surface area contributed by atoms with Gasteiger partial charge in [-0.05, 0) is 6.42 Å². The van der Waals surface area contributed by atoms with Gasteiger partial charge in [-0.2, -0.15) is 0 Å². The molecule has 0 radical (unpaired) electrons. The van der Waals surface area contributed by atoms with E-state index in [1.807, 2.05) is 12.2 Å². The summed E-state index contributed by atoms with van der Waals surface area (Å²) in [6.07, 6.45) is 16.8. The number of fused-ring (bicyclic) bond motifs is 1. The average molecular weight is 349 g/mol. The van der Waals surface area contributed by atoms with Gasteiger partial charge in [-0.3, -0.25) is 0 Å². The van der Waals surface area contributed by atoms with Crippen LogP contribution in [0.2, 0.25) is 0 Å². The molecule has 0 aliphatic carbocycles. The molecule has 0 saturated carbocycles.